The predicted molar refractivity (Wildman–Crippen MR) is 126 cm³/mol. The summed E-state index contributed by atoms with van der Waals surface area (Å²) < 4.78 is 0. The summed E-state index contributed by atoms with van der Waals surface area (Å²) in [5.74, 6) is 0.236. The van der Waals surface area contributed by atoms with Crippen LogP contribution in [0.4, 0.5) is 0 Å². The van der Waals surface area contributed by atoms with Crippen molar-refractivity contribution < 1.29 is 24.6 Å². The molecule has 0 unspecified atom stereocenters. The minimum atomic E-state index is 0. The molecule has 32 heavy (non-hydrogen) atoms. The van der Waals surface area contributed by atoms with E-state index in [9.17, 15) is 5.11 Å². The van der Waals surface area contributed by atoms with Crippen LogP contribution in [-0.4, -0.2) is 25.0 Å². The van der Waals surface area contributed by atoms with Gasteiger partial charge < -0.3 is 15.1 Å². The molecule has 6 rings (SSSR count). The first-order chi connectivity index (χ1) is 15.2. The molecule has 5 nitrogen and oxygen atoms in total. The Kier molecular flexibility index (Phi) is 5.08. The van der Waals surface area contributed by atoms with Gasteiger partial charge in [0.25, 0.3) is 0 Å². The van der Waals surface area contributed by atoms with E-state index in [1.807, 2.05) is 72.8 Å². The maximum atomic E-state index is 9.75. The molecule has 6 heteroatoms. The number of rotatable bonds is 1. The molecule has 2 aliphatic rings. The van der Waals surface area contributed by atoms with Crippen LogP contribution in [0.5, 0.6) is 5.75 Å². The Morgan fingerprint density at radius 1 is 0.594 bits per heavy atom. The molecule has 3 aromatic heterocycles. The first-order valence-corrected chi connectivity index (χ1v) is 10.1. The normalized spacial score (nSPS) is 12.0. The third-order valence-electron chi connectivity index (χ3n) is 5.38. The fraction of sp³-hybridized carbons (Fsp3) is 0. The average Bonchev–Trinajstić information content (AvgIpc) is 3.55. The van der Waals surface area contributed by atoms with E-state index in [2.05, 4.69) is 16.0 Å². The summed E-state index contributed by atoms with van der Waals surface area (Å²) >= 11 is 0. The number of aromatic amines is 2. The first kappa shape index (κ1) is 20.2. The zero-order chi connectivity index (χ0) is 20.8. The van der Waals surface area contributed by atoms with Gasteiger partial charge in [-0.3, -0.25) is 0 Å². The summed E-state index contributed by atoms with van der Waals surface area (Å²) in [6.45, 7) is 0. The minimum Gasteiger partial charge on any atom is -0.508 e. The van der Waals surface area contributed by atoms with E-state index in [-0.39, 0.29) is 25.2 Å². The smallest absolute Gasteiger partial charge is 0.115 e. The third kappa shape index (κ3) is 3.81. The maximum absolute atomic E-state index is 9.75. The average molecular weight is 468 g/mol. The van der Waals surface area contributed by atoms with E-state index < -0.39 is 0 Å². The second-order valence-electron chi connectivity index (χ2n) is 7.60. The summed E-state index contributed by atoms with van der Waals surface area (Å²) in [6, 6.07) is 21.5. The molecule has 0 saturated carbocycles. The number of hydrogen-bond donors (Lipinski definition) is 3. The van der Waals surface area contributed by atoms with Crippen molar-refractivity contribution in [1.29, 1.82) is 0 Å². The SMILES string of the molecule is Oc1ccc(-c2c3nc(cc4ccc(cc5nc(cc6ccc2[nH]6)C=C5)[nH]4)C=C3)cc1.[Zn]. The van der Waals surface area contributed by atoms with Crippen molar-refractivity contribution in [3.8, 4) is 16.9 Å². The molecule has 0 fully saturated rings. The molecular formula is C26H18N4OZn. The third-order valence-corrected chi connectivity index (χ3v) is 5.38. The van der Waals surface area contributed by atoms with Crippen LogP contribution in [0.15, 0.2) is 66.7 Å². The molecular weight excluding hydrogens is 450 g/mol. The van der Waals surface area contributed by atoms with Gasteiger partial charge >= 0.3 is 0 Å². The first-order valence-electron chi connectivity index (χ1n) is 10.1. The van der Waals surface area contributed by atoms with Crippen molar-refractivity contribution in [1.82, 2.24) is 19.9 Å². The van der Waals surface area contributed by atoms with Gasteiger partial charge in [-0.05, 0) is 84.5 Å². The molecule has 0 saturated heterocycles. The van der Waals surface area contributed by atoms with Crippen LogP contribution in [-0.2, 0) is 19.5 Å². The largest absolute Gasteiger partial charge is 0.508 e. The van der Waals surface area contributed by atoms with Crippen molar-refractivity contribution in [2.24, 2.45) is 0 Å². The number of fused-ring (bicyclic) bond motifs is 8. The molecule has 150 valence electrons. The Labute approximate surface area is 197 Å². The molecule has 2 aliphatic heterocycles. The number of phenolic OH excluding ortho intramolecular Hbond substituents is 1. The molecule has 0 radical (unpaired) electrons. The number of aromatic nitrogens is 4. The van der Waals surface area contributed by atoms with Crippen molar-refractivity contribution in [2.75, 3.05) is 0 Å². The summed E-state index contributed by atoms with van der Waals surface area (Å²) in [7, 11) is 0. The van der Waals surface area contributed by atoms with Gasteiger partial charge in [-0.2, -0.15) is 0 Å². The van der Waals surface area contributed by atoms with Crippen molar-refractivity contribution >= 4 is 46.4 Å². The molecule has 0 atom stereocenters. The van der Waals surface area contributed by atoms with E-state index in [1.165, 1.54) is 0 Å². The maximum Gasteiger partial charge on any atom is 0.115 e. The van der Waals surface area contributed by atoms with Gasteiger partial charge in [-0.15, -0.1) is 0 Å². The van der Waals surface area contributed by atoms with Gasteiger partial charge in [0.15, 0.2) is 0 Å². The van der Waals surface area contributed by atoms with Crippen LogP contribution in [0.1, 0.15) is 22.8 Å². The number of nitrogens with one attached hydrogen (secondary N) is 2. The van der Waals surface area contributed by atoms with Crippen molar-refractivity contribution in [2.45, 2.75) is 0 Å². The number of hydrogen-bond acceptors (Lipinski definition) is 3. The van der Waals surface area contributed by atoms with E-state index in [0.717, 1.165) is 56.0 Å². The van der Waals surface area contributed by atoms with Gasteiger partial charge in [0.05, 0.1) is 22.8 Å². The zero-order valence-electron chi connectivity index (χ0n) is 17.2. The summed E-state index contributed by atoms with van der Waals surface area (Å²) in [5, 5.41) is 9.75. The zero-order valence-corrected chi connectivity index (χ0v) is 20.2. The molecule has 3 N–H and O–H groups in total. The monoisotopic (exact) mass is 466 g/mol. The van der Waals surface area contributed by atoms with Crippen LogP contribution >= 0.6 is 0 Å². The Hall–Kier alpha value is -3.76. The Bertz CT molecular complexity index is 1540. The molecule has 0 spiro atoms. The number of phenols is 1. The quantitative estimate of drug-likeness (QED) is 0.258. The van der Waals surface area contributed by atoms with E-state index >= 15 is 0 Å². The number of H-pyrrole nitrogens is 2. The standard InChI is InChI=1S/C26H18N4O.Zn/c31-23-9-1-16(2-10-23)26-24-11-7-21(29-24)14-19-5-3-17(27-19)13-18-4-6-20(28-18)15-22-8-12-25(26)30-22;/h1-15,27,30-31H;. The molecule has 8 bridgehead atoms. The Morgan fingerprint density at radius 2 is 1.16 bits per heavy atom. The van der Waals surface area contributed by atoms with Crippen molar-refractivity contribution in [3.05, 3.63) is 89.5 Å². The van der Waals surface area contributed by atoms with Gasteiger partial charge in [-0.1, -0.05) is 12.1 Å². The second kappa shape index (κ2) is 8.06. The Morgan fingerprint density at radius 3 is 1.84 bits per heavy atom. The predicted octanol–water partition coefficient (Wildman–Crippen LogP) is 6.03. The van der Waals surface area contributed by atoms with E-state index in [1.54, 1.807) is 12.1 Å². The summed E-state index contributed by atoms with van der Waals surface area (Å²) in [6.07, 6.45) is 8.06. The van der Waals surface area contributed by atoms with Crippen LogP contribution in [0.25, 0.3) is 57.5 Å². The fourth-order valence-electron chi connectivity index (χ4n) is 3.94. The van der Waals surface area contributed by atoms with Crippen LogP contribution in [0.3, 0.4) is 0 Å². The Balaban J connectivity index is 0.00000216. The van der Waals surface area contributed by atoms with Crippen molar-refractivity contribution in [3.63, 3.8) is 0 Å². The molecule has 0 aliphatic carbocycles. The van der Waals surface area contributed by atoms with Gasteiger partial charge in [0.1, 0.15) is 5.75 Å². The van der Waals surface area contributed by atoms with Crippen LogP contribution in [0.2, 0.25) is 0 Å². The summed E-state index contributed by atoms with van der Waals surface area (Å²) in [4.78, 5) is 16.5. The van der Waals surface area contributed by atoms with Gasteiger partial charge in [0, 0.05) is 47.1 Å². The van der Waals surface area contributed by atoms with Crippen LogP contribution in [0, 0.1) is 0 Å². The van der Waals surface area contributed by atoms with E-state index in [0.29, 0.717) is 0 Å². The molecule has 1 aromatic carbocycles. The van der Waals surface area contributed by atoms with Crippen LogP contribution < -0.4 is 0 Å². The number of nitrogens with zero attached hydrogens (tertiary/aromatic N) is 2. The van der Waals surface area contributed by atoms with Gasteiger partial charge in [-0.25, -0.2) is 9.97 Å². The molecule has 5 heterocycles. The van der Waals surface area contributed by atoms with E-state index in [4.69, 9.17) is 9.97 Å². The topological polar surface area (TPSA) is 77.6 Å². The minimum absolute atomic E-state index is 0. The number of benzene rings is 1. The fourth-order valence-corrected chi connectivity index (χ4v) is 3.94. The molecule has 0 amide bonds. The second-order valence-corrected chi connectivity index (χ2v) is 7.60. The van der Waals surface area contributed by atoms with Gasteiger partial charge in [0.2, 0.25) is 0 Å². The number of aromatic hydroxyl groups is 1. The molecule has 4 aromatic rings. The summed E-state index contributed by atoms with van der Waals surface area (Å²) in [5.41, 5.74) is 9.38.